The average Bonchev–Trinajstić information content (AvgIpc) is 2.63. The van der Waals surface area contributed by atoms with Crippen molar-refractivity contribution in [2.24, 2.45) is 0 Å². The van der Waals surface area contributed by atoms with Crippen LogP contribution in [0.5, 0.6) is 0 Å². The minimum absolute atomic E-state index is 0.234. The molecule has 2 aromatic carbocycles. The van der Waals surface area contributed by atoms with Crippen LogP contribution in [0.15, 0.2) is 72.8 Å². The molecule has 0 saturated heterocycles. The van der Waals surface area contributed by atoms with Crippen molar-refractivity contribution in [3.05, 3.63) is 87.8 Å². The van der Waals surface area contributed by atoms with Crippen LogP contribution in [-0.4, -0.2) is 4.98 Å². The molecule has 3 heteroatoms. The highest BCUT2D eigenvalue weighted by molar-refractivity contribution is 14.1. The van der Waals surface area contributed by atoms with Gasteiger partial charge in [0.2, 0.25) is 0 Å². The maximum atomic E-state index is 13.8. The van der Waals surface area contributed by atoms with E-state index in [9.17, 15) is 4.39 Å². The Kier molecular flexibility index (Phi) is 4.19. The molecule has 0 saturated carbocycles. The lowest BCUT2D eigenvalue weighted by molar-refractivity contribution is 0.628. The van der Waals surface area contributed by atoms with E-state index in [1.165, 1.54) is 11.6 Å². The molecule has 4 rings (SSSR count). The molecule has 3 aromatic rings. The van der Waals surface area contributed by atoms with Gasteiger partial charge < -0.3 is 0 Å². The molecule has 1 heterocycles. The third-order valence-corrected chi connectivity index (χ3v) is 5.27. The minimum Gasteiger partial charge on any atom is -0.248 e. The van der Waals surface area contributed by atoms with Crippen LogP contribution in [-0.2, 0) is 0 Å². The third-order valence-electron chi connectivity index (χ3n) is 4.33. The molecule has 0 radical (unpaired) electrons. The second kappa shape index (κ2) is 6.48. The number of halogens is 2. The summed E-state index contributed by atoms with van der Waals surface area (Å²) in [5.74, 6) is 0.0929. The third kappa shape index (κ3) is 2.88. The number of rotatable bonds is 2. The Labute approximate surface area is 154 Å². The van der Waals surface area contributed by atoms with Crippen molar-refractivity contribution in [1.82, 2.24) is 4.98 Å². The fourth-order valence-corrected chi connectivity index (χ4v) is 3.76. The van der Waals surface area contributed by atoms with Crippen LogP contribution < -0.4 is 0 Å². The van der Waals surface area contributed by atoms with Crippen molar-refractivity contribution < 1.29 is 4.39 Å². The maximum absolute atomic E-state index is 13.8. The summed E-state index contributed by atoms with van der Waals surface area (Å²) < 4.78 is 14.8. The van der Waals surface area contributed by atoms with E-state index in [-0.39, 0.29) is 5.82 Å². The van der Waals surface area contributed by atoms with Crippen molar-refractivity contribution >= 4 is 33.5 Å². The molecule has 1 aliphatic carbocycles. The van der Waals surface area contributed by atoms with Gasteiger partial charge in [0.05, 0.1) is 11.2 Å². The van der Waals surface area contributed by atoms with E-state index in [4.69, 9.17) is 4.98 Å². The minimum atomic E-state index is -0.234. The summed E-state index contributed by atoms with van der Waals surface area (Å²) in [6.45, 7) is 0. The Hall–Kier alpha value is -2.01. The largest absolute Gasteiger partial charge is 0.248 e. The monoisotopic (exact) mass is 427 g/mol. The number of para-hydroxylation sites is 1. The quantitative estimate of drug-likeness (QED) is 0.441. The second-order valence-electron chi connectivity index (χ2n) is 5.89. The zero-order valence-corrected chi connectivity index (χ0v) is 15.1. The van der Waals surface area contributed by atoms with Crippen molar-refractivity contribution in [1.29, 1.82) is 0 Å². The summed E-state index contributed by atoms with van der Waals surface area (Å²) in [6.07, 6.45) is 9.56. The van der Waals surface area contributed by atoms with Gasteiger partial charge in [-0.2, -0.15) is 0 Å². The Morgan fingerprint density at radius 1 is 1.04 bits per heavy atom. The highest BCUT2D eigenvalue weighted by atomic mass is 127. The van der Waals surface area contributed by atoms with Crippen LogP contribution in [0, 0.1) is 9.39 Å². The number of pyridine rings is 1. The normalized spacial score (nSPS) is 16.7. The van der Waals surface area contributed by atoms with Crippen LogP contribution >= 0.6 is 22.6 Å². The molecule has 1 aliphatic rings. The van der Waals surface area contributed by atoms with Gasteiger partial charge in [-0.15, -0.1) is 0 Å². The Morgan fingerprint density at radius 2 is 1.92 bits per heavy atom. The summed E-state index contributed by atoms with van der Waals surface area (Å²) in [4.78, 5) is 4.79. The number of allylic oxidation sites excluding steroid dienone is 4. The molecule has 1 aromatic heterocycles. The van der Waals surface area contributed by atoms with Gasteiger partial charge in [-0.25, -0.2) is 9.37 Å². The van der Waals surface area contributed by atoms with E-state index in [1.807, 2.05) is 18.2 Å². The Bertz CT molecular complexity index is 975. The fraction of sp³-hybridized carbons (Fsp3) is 0.0952. The first-order valence-corrected chi connectivity index (χ1v) is 8.99. The smallest absolute Gasteiger partial charge is 0.123 e. The maximum Gasteiger partial charge on any atom is 0.123 e. The van der Waals surface area contributed by atoms with Crippen molar-refractivity contribution in [3.8, 4) is 11.3 Å². The lowest BCUT2D eigenvalue weighted by Gasteiger charge is -2.18. The van der Waals surface area contributed by atoms with Crippen molar-refractivity contribution in [3.63, 3.8) is 0 Å². The number of nitrogens with zero attached hydrogens (tertiary/aromatic N) is 1. The van der Waals surface area contributed by atoms with Crippen molar-refractivity contribution in [2.45, 2.75) is 12.3 Å². The highest BCUT2D eigenvalue weighted by Crippen LogP contribution is 2.34. The predicted molar refractivity (Wildman–Crippen MR) is 105 cm³/mol. The van der Waals surface area contributed by atoms with Gasteiger partial charge >= 0.3 is 0 Å². The van der Waals surface area contributed by atoms with E-state index in [0.29, 0.717) is 5.92 Å². The summed E-state index contributed by atoms with van der Waals surface area (Å²) in [5.41, 5.74) is 3.87. The lowest BCUT2D eigenvalue weighted by Crippen LogP contribution is -2.00. The lowest BCUT2D eigenvalue weighted by atomic mass is 9.89. The molecular weight excluding hydrogens is 412 g/mol. The van der Waals surface area contributed by atoms with E-state index in [1.54, 1.807) is 12.1 Å². The highest BCUT2D eigenvalue weighted by Gasteiger charge is 2.16. The molecule has 0 spiro atoms. The van der Waals surface area contributed by atoms with Gasteiger partial charge in [0.25, 0.3) is 0 Å². The van der Waals surface area contributed by atoms with E-state index in [0.717, 1.165) is 32.2 Å². The number of hydrogen-bond donors (Lipinski definition) is 0. The van der Waals surface area contributed by atoms with Gasteiger partial charge in [-0.05, 0) is 64.9 Å². The molecular formula is C21H15FIN. The molecule has 1 unspecified atom stereocenters. The molecule has 0 bridgehead atoms. The summed E-state index contributed by atoms with van der Waals surface area (Å²) in [5, 5.41) is 1.16. The topological polar surface area (TPSA) is 12.9 Å². The zero-order chi connectivity index (χ0) is 16.5. The van der Waals surface area contributed by atoms with Crippen LogP contribution in [0.25, 0.3) is 22.2 Å². The summed E-state index contributed by atoms with van der Waals surface area (Å²) >= 11 is 2.24. The first-order chi connectivity index (χ1) is 11.7. The standard InChI is InChI=1S/C21H15FIN/c22-15-10-11-19(23)18(12-15)21-13-17(14-6-2-1-3-7-14)16-8-4-5-9-20(16)24-21/h1-6,8-14H,7H2. The molecule has 24 heavy (non-hydrogen) atoms. The number of fused-ring (bicyclic) bond motifs is 1. The number of benzene rings is 2. The zero-order valence-electron chi connectivity index (χ0n) is 12.9. The molecule has 118 valence electrons. The van der Waals surface area contributed by atoms with Crippen LogP contribution in [0.1, 0.15) is 17.9 Å². The summed E-state index contributed by atoms with van der Waals surface area (Å²) in [7, 11) is 0. The molecule has 0 amide bonds. The first-order valence-electron chi connectivity index (χ1n) is 7.91. The van der Waals surface area contributed by atoms with Gasteiger partial charge in [-0.1, -0.05) is 42.5 Å². The molecule has 1 nitrogen and oxygen atoms in total. The second-order valence-corrected chi connectivity index (χ2v) is 7.06. The van der Waals surface area contributed by atoms with Gasteiger partial charge in [0.1, 0.15) is 5.82 Å². The van der Waals surface area contributed by atoms with Gasteiger partial charge in [0, 0.05) is 20.4 Å². The van der Waals surface area contributed by atoms with Gasteiger partial charge in [0.15, 0.2) is 0 Å². The molecule has 1 atom stereocenters. The van der Waals surface area contributed by atoms with Gasteiger partial charge in [-0.3, -0.25) is 0 Å². The molecule has 0 aliphatic heterocycles. The van der Waals surface area contributed by atoms with Crippen LogP contribution in [0.4, 0.5) is 4.39 Å². The Morgan fingerprint density at radius 3 is 2.75 bits per heavy atom. The van der Waals surface area contributed by atoms with Crippen molar-refractivity contribution in [2.75, 3.05) is 0 Å². The van der Waals surface area contributed by atoms with Crippen LogP contribution in [0.3, 0.4) is 0 Å². The number of hydrogen-bond acceptors (Lipinski definition) is 1. The molecule has 0 N–H and O–H groups in total. The fourth-order valence-electron chi connectivity index (χ4n) is 3.15. The average molecular weight is 427 g/mol. The molecule has 0 fully saturated rings. The SMILES string of the molecule is Fc1ccc(I)c(-c2cc(C3C=CC=CC3)c3ccccc3n2)c1. The van der Waals surface area contributed by atoms with E-state index in [2.05, 4.69) is 59.0 Å². The first kappa shape index (κ1) is 15.5. The number of aromatic nitrogens is 1. The van der Waals surface area contributed by atoms with E-state index < -0.39 is 0 Å². The Balaban J connectivity index is 1.96. The van der Waals surface area contributed by atoms with E-state index >= 15 is 0 Å². The van der Waals surface area contributed by atoms with Crippen LogP contribution in [0.2, 0.25) is 0 Å². The summed E-state index contributed by atoms with van der Waals surface area (Å²) in [6, 6.07) is 15.2. The predicted octanol–water partition coefficient (Wildman–Crippen LogP) is 6.25.